The maximum atomic E-state index is 10.8. The number of rotatable bonds is 0. The average Bonchev–Trinajstić information content (AvgIpc) is 2.33. The van der Waals surface area contributed by atoms with E-state index in [-0.39, 0.29) is 7.33 Å². The molecule has 0 atom stereocenters. The van der Waals surface area contributed by atoms with Crippen LogP contribution in [0.2, 0.25) is 0 Å². The van der Waals surface area contributed by atoms with Gasteiger partial charge in [0.05, 0.1) is 0 Å². The summed E-state index contributed by atoms with van der Waals surface area (Å²) in [5.41, 5.74) is 2.27. The van der Waals surface area contributed by atoms with E-state index in [0.29, 0.717) is 6.54 Å². The Hall–Kier alpha value is -1.31. The highest BCUT2D eigenvalue weighted by Gasteiger charge is 2.13. The van der Waals surface area contributed by atoms with Crippen molar-refractivity contribution in [1.29, 1.82) is 0 Å². The molecule has 0 aromatic heterocycles. The first-order chi connectivity index (χ1) is 4.86. The van der Waals surface area contributed by atoms with E-state index < -0.39 is 0 Å². The first kappa shape index (κ1) is 5.47. The summed E-state index contributed by atoms with van der Waals surface area (Å²) in [6, 6.07) is 0. The predicted molar refractivity (Wildman–Crippen MR) is 39.4 cm³/mol. The minimum absolute atomic E-state index is 0. The molecule has 1 aliphatic heterocycles. The molecule has 1 heterocycles. The fourth-order valence-corrected chi connectivity index (χ4v) is 1.15. The normalized spacial score (nSPS) is 21.4. The lowest BCUT2D eigenvalue weighted by atomic mass is 10.1. The van der Waals surface area contributed by atoms with Crippen molar-refractivity contribution in [3.63, 3.8) is 0 Å². The summed E-state index contributed by atoms with van der Waals surface area (Å²) in [6.45, 7) is 0.678. The van der Waals surface area contributed by atoms with Gasteiger partial charge in [0.2, 0.25) is 5.91 Å². The van der Waals surface area contributed by atoms with Crippen LogP contribution >= 0.6 is 0 Å². The Morgan fingerprint density at radius 3 is 3.40 bits per heavy atom. The minimum atomic E-state index is 0. The lowest BCUT2D eigenvalue weighted by Gasteiger charge is -2.11. The molecule has 1 N–H and O–H groups in total. The Bertz CT molecular complexity index is 276. The molecule has 0 aromatic rings. The van der Waals surface area contributed by atoms with E-state index in [1.165, 1.54) is 5.57 Å². The highest BCUT2D eigenvalue weighted by Crippen LogP contribution is 2.19. The first-order valence-corrected chi connectivity index (χ1v) is 3.23. The molecule has 0 unspecified atom stereocenters. The Morgan fingerprint density at radius 1 is 1.60 bits per heavy atom. The van der Waals surface area contributed by atoms with Crippen molar-refractivity contribution in [2.75, 3.05) is 6.54 Å². The summed E-state index contributed by atoms with van der Waals surface area (Å²) in [4.78, 5) is 10.8. The zero-order chi connectivity index (χ0) is 6.97. The molecule has 50 valence electrons. The van der Waals surface area contributed by atoms with E-state index in [9.17, 15) is 4.79 Å². The average molecular weight is 134 g/mol. The van der Waals surface area contributed by atoms with Gasteiger partial charge < -0.3 is 5.32 Å². The quantitative estimate of drug-likeness (QED) is 0.518. The molecule has 1 amide bonds. The topological polar surface area (TPSA) is 29.1 Å². The highest BCUT2D eigenvalue weighted by atomic mass is 16.1. The van der Waals surface area contributed by atoms with Crippen LogP contribution in [0, 0.1) is 0 Å². The van der Waals surface area contributed by atoms with Gasteiger partial charge in [0, 0.05) is 12.6 Å². The molecular weight excluding hydrogens is 126 g/mol. The number of carbonyl (C=O) groups excluding carboxylic acids is 1. The summed E-state index contributed by atoms with van der Waals surface area (Å²) >= 11 is 0. The fourth-order valence-electron chi connectivity index (χ4n) is 1.15. The number of carbonyl (C=O) groups is 1. The van der Waals surface area contributed by atoms with E-state index in [0.717, 1.165) is 5.57 Å². The summed E-state index contributed by atoms with van der Waals surface area (Å²) < 4.78 is 0. The van der Waals surface area contributed by atoms with Gasteiger partial charge in [-0.2, -0.15) is 0 Å². The van der Waals surface area contributed by atoms with Crippen LogP contribution < -0.4 is 5.32 Å². The smallest absolute Gasteiger partial charge is 0.348 e. The third kappa shape index (κ3) is 0.692. The van der Waals surface area contributed by atoms with Gasteiger partial charge in [0.25, 0.3) is 0 Å². The molecule has 0 aromatic carbocycles. The standard InChI is InChI=1S/C8H7NO/c10-8-4-6-2-1-3-7(6)5-9-8/h1-4H,5H2,(H,9,10)/p+1. The Kier molecular flexibility index (Phi) is 1.01. The predicted octanol–water partition coefficient (Wildman–Crippen LogP) is 0.651. The number of allylic oxidation sites excluding steroid dienone is 3. The van der Waals surface area contributed by atoms with Crippen LogP contribution in [-0.2, 0) is 4.79 Å². The summed E-state index contributed by atoms with van der Waals surface area (Å²) in [7, 11) is 0. The summed E-state index contributed by atoms with van der Waals surface area (Å²) in [5, 5.41) is 2.73. The molecular formula is C8H8NO+. The monoisotopic (exact) mass is 134 g/mol. The van der Waals surface area contributed by atoms with Crippen LogP contribution in [-0.4, -0.2) is 12.5 Å². The lowest BCUT2D eigenvalue weighted by molar-refractivity contribution is -0.116. The van der Waals surface area contributed by atoms with Crippen molar-refractivity contribution in [2.45, 2.75) is 0 Å². The number of fused-ring (bicyclic) bond motifs is 1. The molecule has 0 saturated heterocycles. The van der Waals surface area contributed by atoms with Crippen LogP contribution in [0.25, 0.3) is 0 Å². The van der Waals surface area contributed by atoms with Crippen LogP contribution in [0.1, 0.15) is 1.43 Å². The molecule has 1 aliphatic carbocycles. The van der Waals surface area contributed by atoms with Crippen LogP contribution in [0.5, 0.6) is 0 Å². The lowest BCUT2D eigenvalue weighted by Crippen LogP contribution is -2.27. The van der Waals surface area contributed by atoms with Gasteiger partial charge >= 0.3 is 1.43 Å². The van der Waals surface area contributed by atoms with Crippen molar-refractivity contribution in [3.05, 3.63) is 35.5 Å². The van der Waals surface area contributed by atoms with E-state index in [1.807, 2.05) is 18.2 Å². The van der Waals surface area contributed by atoms with E-state index in [1.54, 1.807) is 6.08 Å². The first-order valence-electron chi connectivity index (χ1n) is 3.23. The number of nitrogens with one attached hydrogen (secondary N) is 1. The molecule has 2 aliphatic rings. The van der Waals surface area contributed by atoms with Gasteiger partial charge in [-0.15, -0.1) is 0 Å². The molecule has 10 heavy (non-hydrogen) atoms. The summed E-state index contributed by atoms with van der Waals surface area (Å²) in [5.74, 6) is 0.0127. The second-order valence-corrected chi connectivity index (χ2v) is 2.37. The van der Waals surface area contributed by atoms with Crippen LogP contribution in [0.4, 0.5) is 0 Å². The Balaban J connectivity index is 0.000000605. The zero-order valence-electron chi connectivity index (χ0n) is 6.42. The van der Waals surface area contributed by atoms with E-state index >= 15 is 0 Å². The van der Waals surface area contributed by atoms with Crippen LogP contribution in [0.3, 0.4) is 0 Å². The van der Waals surface area contributed by atoms with Crippen molar-refractivity contribution >= 4 is 5.91 Å². The van der Waals surface area contributed by atoms with Crippen molar-refractivity contribution in [3.8, 4) is 0 Å². The highest BCUT2D eigenvalue weighted by molar-refractivity contribution is 5.92. The van der Waals surface area contributed by atoms with Gasteiger partial charge in [0.1, 0.15) is 0 Å². The number of amides is 1. The van der Waals surface area contributed by atoms with Gasteiger partial charge in [-0.25, -0.2) is 0 Å². The molecule has 0 radical (unpaired) electrons. The molecule has 0 bridgehead atoms. The Morgan fingerprint density at radius 2 is 2.50 bits per heavy atom. The molecule has 0 saturated carbocycles. The van der Waals surface area contributed by atoms with E-state index in [4.69, 9.17) is 0 Å². The van der Waals surface area contributed by atoms with Gasteiger partial charge in [0.15, 0.2) is 0 Å². The van der Waals surface area contributed by atoms with Crippen molar-refractivity contribution in [2.24, 2.45) is 0 Å². The Labute approximate surface area is 60.4 Å². The largest absolute Gasteiger partial charge is 1.00 e. The van der Waals surface area contributed by atoms with Gasteiger partial charge in [-0.1, -0.05) is 18.2 Å². The molecule has 0 fully saturated rings. The molecule has 0 spiro atoms. The van der Waals surface area contributed by atoms with E-state index in [2.05, 4.69) is 5.32 Å². The van der Waals surface area contributed by atoms with Gasteiger partial charge in [-0.05, 0) is 11.1 Å². The fraction of sp³-hybridized carbons (Fsp3) is 0.125. The third-order valence-corrected chi connectivity index (χ3v) is 1.68. The second-order valence-electron chi connectivity index (χ2n) is 2.37. The van der Waals surface area contributed by atoms with Gasteiger partial charge in [-0.3, -0.25) is 4.79 Å². The second kappa shape index (κ2) is 1.84. The summed E-state index contributed by atoms with van der Waals surface area (Å²) in [6.07, 6.45) is 7.56. The van der Waals surface area contributed by atoms with Crippen LogP contribution in [0.15, 0.2) is 35.5 Å². The minimum Gasteiger partial charge on any atom is -0.348 e. The molecule has 2 nitrogen and oxygen atoms in total. The molecule has 2 rings (SSSR count). The maximum Gasteiger partial charge on any atom is 1.00 e. The van der Waals surface area contributed by atoms with Crippen molar-refractivity contribution < 1.29 is 6.22 Å². The SMILES string of the molecule is O=C1C=C2C=CC=C2CN1.[H+]. The number of hydrogen-bond donors (Lipinski definition) is 1. The zero-order valence-corrected chi connectivity index (χ0v) is 5.42. The van der Waals surface area contributed by atoms with Crippen molar-refractivity contribution in [1.82, 2.24) is 5.32 Å². The molecule has 2 heteroatoms. The maximum absolute atomic E-state index is 10.8. The number of hydrogen-bond acceptors (Lipinski definition) is 1. The third-order valence-electron chi connectivity index (χ3n) is 1.68.